The van der Waals surface area contributed by atoms with E-state index >= 15 is 0 Å². The first-order valence-corrected chi connectivity index (χ1v) is 5.19. The topological polar surface area (TPSA) is 34.9 Å². The van der Waals surface area contributed by atoms with Crippen LogP contribution in [-0.2, 0) is 6.54 Å². The lowest BCUT2D eigenvalue weighted by molar-refractivity contribution is 0.0975. The highest BCUT2D eigenvalue weighted by molar-refractivity contribution is 5.95. The van der Waals surface area contributed by atoms with Gasteiger partial charge in [0.05, 0.1) is 11.8 Å². The van der Waals surface area contributed by atoms with E-state index in [1.807, 2.05) is 13.1 Å². The van der Waals surface area contributed by atoms with Crippen molar-refractivity contribution in [2.75, 3.05) is 0 Å². The molecule has 0 spiro atoms. The number of ketones is 1. The molecule has 3 heteroatoms. The van der Waals surface area contributed by atoms with E-state index in [0.717, 1.165) is 18.5 Å². The second-order valence-corrected chi connectivity index (χ2v) is 3.94. The highest BCUT2D eigenvalue weighted by Gasteiger charge is 2.08. The summed E-state index contributed by atoms with van der Waals surface area (Å²) in [6.45, 7) is 7.08. The van der Waals surface area contributed by atoms with Gasteiger partial charge in [-0.2, -0.15) is 5.10 Å². The van der Waals surface area contributed by atoms with E-state index in [1.165, 1.54) is 0 Å². The Morgan fingerprint density at radius 1 is 1.57 bits per heavy atom. The first kappa shape index (κ1) is 11.0. The summed E-state index contributed by atoms with van der Waals surface area (Å²) < 4.78 is 1.78. The van der Waals surface area contributed by atoms with Crippen LogP contribution in [0.1, 0.15) is 44.0 Å². The van der Waals surface area contributed by atoms with Crippen molar-refractivity contribution >= 4 is 5.78 Å². The van der Waals surface area contributed by atoms with Crippen molar-refractivity contribution in [1.29, 1.82) is 0 Å². The summed E-state index contributed by atoms with van der Waals surface area (Å²) in [5.41, 5.74) is 0.743. The molecule has 14 heavy (non-hydrogen) atoms. The van der Waals surface area contributed by atoms with Crippen LogP contribution in [0.2, 0.25) is 0 Å². The average Bonchev–Trinajstić information content (AvgIpc) is 2.62. The second-order valence-electron chi connectivity index (χ2n) is 3.94. The van der Waals surface area contributed by atoms with Gasteiger partial charge in [-0.25, -0.2) is 0 Å². The van der Waals surface area contributed by atoms with Gasteiger partial charge in [0.25, 0.3) is 0 Å². The Labute approximate surface area is 85.1 Å². The lowest BCUT2D eigenvalue weighted by atomic mass is 10.0. The van der Waals surface area contributed by atoms with E-state index in [1.54, 1.807) is 10.9 Å². The zero-order valence-electron chi connectivity index (χ0n) is 9.16. The molecule has 0 aromatic carbocycles. The minimum atomic E-state index is 0.207. The van der Waals surface area contributed by atoms with Crippen LogP contribution >= 0.6 is 0 Å². The number of carbonyl (C=O) groups is 1. The van der Waals surface area contributed by atoms with Crippen LogP contribution in [0.4, 0.5) is 0 Å². The fourth-order valence-corrected chi connectivity index (χ4v) is 1.24. The van der Waals surface area contributed by atoms with E-state index in [-0.39, 0.29) is 5.78 Å². The van der Waals surface area contributed by atoms with Crippen LogP contribution in [0.25, 0.3) is 0 Å². The molecule has 0 radical (unpaired) electrons. The van der Waals surface area contributed by atoms with Gasteiger partial charge in [-0.3, -0.25) is 9.48 Å². The maximum atomic E-state index is 11.6. The van der Waals surface area contributed by atoms with Crippen molar-refractivity contribution in [2.45, 2.75) is 40.2 Å². The van der Waals surface area contributed by atoms with Crippen LogP contribution in [0.3, 0.4) is 0 Å². The van der Waals surface area contributed by atoms with Crippen molar-refractivity contribution in [3.05, 3.63) is 18.0 Å². The highest BCUT2D eigenvalue weighted by Crippen LogP contribution is 2.09. The van der Waals surface area contributed by atoms with E-state index in [2.05, 4.69) is 18.9 Å². The summed E-state index contributed by atoms with van der Waals surface area (Å²) in [6, 6.07) is 0. The van der Waals surface area contributed by atoms with E-state index < -0.39 is 0 Å². The SMILES string of the molecule is CCn1cc(C(=O)CCC(C)C)cn1. The molecule has 3 nitrogen and oxygen atoms in total. The van der Waals surface area contributed by atoms with Crippen molar-refractivity contribution < 1.29 is 4.79 Å². The van der Waals surface area contributed by atoms with E-state index in [0.29, 0.717) is 12.3 Å². The van der Waals surface area contributed by atoms with Crippen molar-refractivity contribution in [2.24, 2.45) is 5.92 Å². The van der Waals surface area contributed by atoms with Gasteiger partial charge in [-0.1, -0.05) is 13.8 Å². The summed E-state index contributed by atoms with van der Waals surface area (Å²) in [5, 5.41) is 4.08. The lowest BCUT2D eigenvalue weighted by Crippen LogP contribution is -2.00. The molecule has 0 fully saturated rings. The first-order chi connectivity index (χ1) is 6.63. The molecule has 1 aromatic rings. The molecule has 0 aliphatic rings. The summed E-state index contributed by atoms with van der Waals surface area (Å²) >= 11 is 0. The quantitative estimate of drug-likeness (QED) is 0.675. The Hall–Kier alpha value is -1.12. The molecule has 0 unspecified atom stereocenters. The van der Waals surface area contributed by atoms with Gasteiger partial charge < -0.3 is 0 Å². The van der Waals surface area contributed by atoms with Crippen LogP contribution in [0.5, 0.6) is 0 Å². The number of carbonyl (C=O) groups excluding carboxylic acids is 1. The van der Waals surface area contributed by atoms with E-state index in [4.69, 9.17) is 0 Å². The van der Waals surface area contributed by atoms with Crippen molar-refractivity contribution in [3.8, 4) is 0 Å². The van der Waals surface area contributed by atoms with Crippen LogP contribution in [0, 0.1) is 5.92 Å². The molecule has 0 saturated heterocycles. The number of aryl methyl sites for hydroxylation is 1. The van der Waals surface area contributed by atoms with Crippen LogP contribution in [-0.4, -0.2) is 15.6 Å². The predicted octanol–water partition coefficient (Wildman–Crippen LogP) is 2.52. The van der Waals surface area contributed by atoms with Gasteiger partial charge in [0.15, 0.2) is 5.78 Å². The Balaban J connectivity index is 2.52. The van der Waals surface area contributed by atoms with Crippen LogP contribution in [0.15, 0.2) is 12.4 Å². The number of hydrogen-bond acceptors (Lipinski definition) is 2. The second kappa shape index (κ2) is 4.94. The van der Waals surface area contributed by atoms with Crippen molar-refractivity contribution in [3.63, 3.8) is 0 Å². The molecule has 1 rings (SSSR count). The summed E-state index contributed by atoms with van der Waals surface area (Å²) in [4.78, 5) is 11.6. The molecule has 0 atom stereocenters. The minimum absolute atomic E-state index is 0.207. The van der Waals surface area contributed by atoms with Gasteiger partial charge >= 0.3 is 0 Å². The Kier molecular flexibility index (Phi) is 3.86. The number of Topliss-reactive ketones (excluding diaryl/α,β-unsaturated/α-hetero) is 1. The van der Waals surface area contributed by atoms with Crippen LogP contribution < -0.4 is 0 Å². The first-order valence-electron chi connectivity index (χ1n) is 5.19. The monoisotopic (exact) mass is 194 g/mol. The lowest BCUT2D eigenvalue weighted by Gasteiger charge is -2.01. The molecule has 0 saturated carbocycles. The maximum Gasteiger partial charge on any atom is 0.166 e. The number of nitrogens with zero attached hydrogens (tertiary/aromatic N) is 2. The number of hydrogen-bond donors (Lipinski definition) is 0. The molecule has 1 aromatic heterocycles. The predicted molar refractivity (Wildman–Crippen MR) is 56.3 cm³/mol. The molecule has 78 valence electrons. The molecule has 0 N–H and O–H groups in total. The highest BCUT2D eigenvalue weighted by atomic mass is 16.1. The standard InChI is InChI=1S/C11H18N2O/c1-4-13-8-10(7-12-13)11(14)6-5-9(2)3/h7-9H,4-6H2,1-3H3. The third-order valence-electron chi connectivity index (χ3n) is 2.23. The van der Waals surface area contributed by atoms with E-state index in [9.17, 15) is 4.79 Å². The molecule has 0 aliphatic heterocycles. The molecular formula is C11H18N2O. The third kappa shape index (κ3) is 2.98. The minimum Gasteiger partial charge on any atom is -0.294 e. The Morgan fingerprint density at radius 2 is 2.29 bits per heavy atom. The number of rotatable bonds is 5. The average molecular weight is 194 g/mol. The largest absolute Gasteiger partial charge is 0.294 e. The summed E-state index contributed by atoms with van der Waals surface area (Å²) in [5.74, 6) is 0.790. The summed E-state index contributed by atoms with van der Waals surface area (Å²) in [7, 11) is 0. The fourth-order valence-electron chi connectivity index (χ4n) is 1.24. The van der Waals surface area contributed by atoms with Gasteiger partial charge in [0.1, 0.15) is 0 Å². The molecule has 0 bridgehead atoms. The molecule has 1 heterocycles. The van der Waals surface area contributed by atoms with Gasteiger partial charge in [-0.05, 0) is 19.3 Å². The Bertz CT molecular complexity index is 302. The maximum absolute atomic E-state index is 11.6. The number of aromatic nitrogens is 2. The van der Waals surface area contributed by atoms with Gasteiger partial charge in [-0.15, -0.1) is 0 Å². The summed E-state index contributed by atoms with van der Waals surface area (Å²) in [6.07, 6.45) is 5.07. The molecule has 0 amide bonds. The molecular weight excluding hydrogens is 176 g/mol. The van der Waals surface area contributed by atoms with Crippen molar-refractivity contribution in [1.82, 2.24) is 9.78 Å². The fraction of sp³-hybridized carbons (Fsp3) is 0.636. The normalized spacial score (nSPS) is 10.9. The Morgan fingerprint density at radius 3 is 2.79 bits per heavy atom. The van der Waals surface area contributed by atoms with Gasteiger partial charge in [0, 0.05) is 19.2 Å². The smallest absolute Gasteiger partial charge is 0.166 e. The zero-order valence-corrected chi connectivity index (χ0v) is 9.16. The third-order valence-corrected chi connectivity index (χ3v) is 2.23. The zero-order chi connectivity index (χ0) is 10.6. The van der Waals surface area contributed by atoms with Gasteiger partial charge in [0.2, 0.25) is 0 Å². The molecule has 0 aliphatic carbocycles.